The predicted molar refractivity (Wildman–Crippen MR) is 486 cm³/mol. The molecule has 35 nitrogen and oxygen atoms in total. The Morgan fingerprint density at radius 2 is 0.736 bits per heavy atom. The van der Waals surface area contributed by atoms with E-state index in [2.05, 4.69) is 86.4 Å². The Kier molecular flexibility index (Phi) is 24.0. The van der Waals surface area contributed by atoms with Gasteiger partial charge in [0.1, 0.15) is 71.4 Å². The molecule has 1 aliphatic carbocycles. The molecule has 3 saturated heterocycles. The van der Waals surface area contributed by atoms with Gasteiger partial charge < -0.3 is 78.9 Å². The summed E-state index contributed by atoms with van der Waals surface area (Å²) in [5, 5.41) is 42.4. The van der Waals surface area contributed by atoms with Crippen molar-refractivity contribution >= 4 is 181 Å². The zero-order valence-corrected chi connectivity index (χ0v) is 72.4. The molecule has 4 amide bonds. The number of hydrogen-bond acceptors (Lipinski definition) is 23. The van der Waals surface area contributed by atoms with E-state index >= 15 is 0 Å². The summed E-state index contributed by atoms with van der Waals surface area (Å²) >= 11 is 27.0. The number of piperidine rings is 1. The number of amides is 4. The van der Waals surface area contributed by atoms with Gasteiger partial charge in [-0.3, -0.25) is 19.2 Å². The number of carbonyl (C=O) groups excluding carboxylic acids is 4. The molecule has 125 heavy (non-hydrogen) atoms. The van der Waals surface area contributed by atoms with Crippen LogP contribution in [0.3, 0.4) is 0 Å². The maximum atomic E-state index is 12.5. The van der Waals surface area contributed by atoms with Crippen molar-refractivity contribution in [2.24, 2.45) is 0 Å². The number of nitrogens with one attached hydrogen (secondary N) is 9. The molecule has 1 atom stereocenters. The van der Waals surface area contributed by atoms with Crippen LogP contribution in [0.4, 0.5) is 23.3 Å². The van der Waals surface area contributed by atoms with Crippen LogP contribution in [0.1, 0.15) is 165 Å². The summed E-state index contributed by atoms with van der Waals surface area (Å²) < 4.78 is 18.6. The number of aromatic amines is 4. The standard InChI is InChI=1S/C22H23ClN8O.C22H24ClN7O2.C21H22ClN7O2.C21H24ClN7O/c23-17-14-4-1-11(22(32)28-12-2-3-12)9-15(14)29-19(17)18-16-20(24)26-10-27-21(16)31(30-18)13-5-7-25-8-6-13;1-2-7-25-22(31)12-3-4-14-15(10-12)28-19(17(14)23)18-16-20(24)26-11-27-21(16)30(29-18)13-5-8-32-9-6-13;1-2-6-24-21(30)11-3-4-13-14(8-11)27-18(16(13)22)17-15-19(23)25-10-26-20(15)29(28-17)12-5-7-31-9-12;1-5-8-24-20(30)11-6-7-12-13(9-11)27-17(15(12)22)16-14-18(23)25-10-26-19(14)29(28-16)21(2,3)4/h1,4,9-10,12-13,25,29H,2-3,5-8H2,(H,28,32)(H2,24,26,27);3-4,10-11,13,28H,2,5-9H2,1H3,(H,25,31)(H2,24,26,27);3-4,8,10,12,27H,2,5-7,9H2,1H3,(H,24,30)(H2,23,25,26);6-7,9-10,27H,5,8H2,1-4H3,(H,24,30)(H2,23,25,26). The Morgan fingerprint density at radius 1 is 0.416 bits per heavy atom. The van der Waals surface area contributed by atoms with E-state index in [0.717, 1.165) is 121 Å². The van der Waals surface area contributed by atoms with Gasteiger partial charge in [-0.05, 0) is 147 Å². The first kappa shape index (κ1) is 84.6. The van der Waals surface area contributed by atoms with E-state index in [4.69, 9.17) is 99.2 Å². The van der Waals surface area contributed by atoms with Gasteiger partial charge in [0.15, 0.2) is 22.6 Å². The third-order valence-electron chi connectivity index (χ3n) is 22.6. The molecule has 1 unspecified atom stereocenters. The van der Waals surface area contributed by atoms with Crippen LogP contribution in [0.25, 0.3) is 133 Å². The third kappa shape index (κ3) is 16.6. The van der Waals surface area contributed by atoms with Gasteiger partial charge in [-0.1, -0.05) is 91.4 Å². The van der Waals surface area contributed by atoms with Crippen molar-refractivity contribution in [3.05, 3.63) is 140 Å². The van der Waals surface area contributed by atoms with Gasteiger partial charge in [0.05, 0.1) is 94.7 Å². The van der Waals surface area contributed by atoms with E-state index in [1.165, 1.54) is 25.3 Å². The Labute approximate surface area is 734 Å². The molecular weight excluding hydrogens is 1680 g/mol. The number of benzene rings is 4. The molecule has 646 valence electrons. The molecule has 0 bridgehead atoms. The van der Waals surface area contributed by atoms with Gasteiger partial charge in [0.25, 0.3) is 23.6 Å². The molecule has 0 spiro atoms. The van der Waals surface area contributed by atoms with Crippen LogP contribution >= 0.6 is 46.4 Å². The molecule has 20 rings (SSSR count). The van der Waals surface area contributed by atoms with Crippen LogP contribution in [-0.2, 0) is 15.0 Å². The van der Waals surface area contributed by atoms with Gasteiger partial charge in [-0.25, -0.2) is 58.6 Å². The van der Waals surface area contributed by atoms with E-state index < -0.39 is 0 Å². The number of nitrogens with two attached hydrogens (primary N) is 4. The van der Waals surface area contributed by atoms with E-state index in [0.29, 0.717) is 207 Å². The summed E-state index contributed by atoms with van der Waals surface area (Å²) in [4.78, 5) is 97.4. The molecule has 4 aliphatic rings. The average molecular weight is 1770 g/mol. The maximum Gasteiger partial charge on any atom is 0.251 e. The number of halogens is 4. The summed E-state index contributed by atoms with van der Waals surface area (Å²) in [6, 6.07) is 22.4. The molecular formula is C86H93Cl4N29O6. The first-order valence-electron chi connectivity index (χ1n) is 41.7. The second kappa shape index (κ2) is 35.5. The highest BCUT2D eigenvalue weighted by molar-refractivity contribution is 6.41. The van der Waals surface area contributed by atoms with E-state index in [9.17, 15) is 19.2 Å². The van der Waals surface area contributed by atoms with Crippen molar-refractivity contribution in [1.82, 2.24) is 126 Å². The number of carbonyl (C=O) groups is 4. The highest BCUT2D eigenvalue weighted by atomic mass is 35.5. The second-order valence-electron chi connectivity index (χ2n) is 32.3. The Balaban J connectivity index is 0.000000118. The summed E-state index contributed by atoms with van der Waals surface area (Å²) in [6.45, 7) is 18.5. The molecule has 4 fully saturated rings. The van der Waals surface area contributed by atoms with Crippen LogP contribution in [0.15, 0.2) is 98.1 Å². The van der Waals surface area contributed by atoms with Crippen LogP contribution in [0.5, 0.6) is 0 Å². The van der Waals surface area contributed by atoms with Crippen LogP contribution in [-0.4, -0.2) is 188 Å². The highest BCUT2D eigenvalue weighted by Gasteiger charge is 2.34. The van der Waals surface area contributed by atoms with E-state index in [1.807, 2.05) is 90.6 Å². The minimum Gasteiger partial charge on any atom is -0.383 e. The number of anilines is 4. The molecule has 12 aromatic heterocycles. The number of H-pyrrole nitrogens is 4. The summed E-state index contributed by atoms with van der Waals surface area (Å²) in [5.74, 6) is 0.949. The van der Waals surface area contributed by atoms with Gasteiger partial charge in [-0.2, -0.15) is 20.4 Å². The molecule has 0 radical (unpaired) electrons. The second-order valence-corrected chi connectivity index (χ2v) is 33.8. The number of rotatable bonds is 18. The lowest BCUT2D eigenvalue weighted by atomic mass is 10.1. The Hall–Kier alpha value is -12.6. The van der Waals surface area contributed by atoms with Crippen LogP contribution in [0.2, 0.25) is 20.1 Å². The van der Waals surface area contributed by atoms with Crippen molar-refractivity contribution in [2.75, 3.05) is 82.1 Å². The topological polar surface area (TPSA) is 489 Å². The smallest absolute Gasteiger partial charge is 0.251 e. The fraction of sp³-hybridized carbons (Fsp3) is 0.349. The normalized spacial score (nSPS) is 15.2. The third-order valence-corrected chi connectivity index (χ3v) is 24.2. The van der Waals surface area contributed by atoms with Crippen molar-refractivity contribution in [3.8, 4) is 45.6 Å². The fourth-order valence-corrected chi connectivity index (χ4v) is 17.2. The molecule has 17 N–H and O–H groups in total. The van der Waals surface area contributed by atoms with Gasteiger partial charge in [-0.15, -0.1) is 0 Å². The van der Waals surface area contributed by atoms with Crippen molar-refractivity contribution in [2.45, 2.75) is 135 Å². The minimum atomic E-state index is -0.319. The first-order valence-corrected chi connectivity index (χ1v) is 43.2. The number of fused-ring (bicyclic) bond motifs is 8. The number of nitrogen functional groups attached to an aromatic ring is 4. The Morgan fingerprint density at radius 3 is 1.08 bits per heavy atom. The largest absolute Gasteiger partial charge is 0.383 e. The predicted octanol–water partition coefficient (Wildman–Crippen LogP) is 14.1. The number of nitrogens with zero attached hydrogens (tertiary/aromatic N) is 16. The van der Waals surface area contributed by atoms with Gasteiger partial charge in [0.2, 0.25) is 0 Å². The zero-order valence-electron chi connectivity index (χ0n) is 69.4. The van der Waals surface area contributed by atoms with Crippen LogP contribution < -0.4 is 49.5 Å². The quantitative estimate of drug-likeness (QED) is 0.0379. The van der Waals surface area contributed by atoms with Gasteiger partial charge in [0, 0.05) is 111 Å². The fourth-order valence-electron chi connectivity index (χ4n) is 16.0. The molecule has 1 saturated carbocycles. The van der Waals surface area contributed by atoms with E-state index in [1.54, 1.807) is 42.5 Å². The summed E-state index contributed by atoms with van der Waals surface area (Å²) in [7, 11) is 0. The molecule has 3 aliphatic heterocycles. The Bertz CT molecular complexity index is 6830. The lowest BCUT2D eigenvalue weighted by Crippen LogP contribution is -2.30. The number of aromatic nitrogens is 20. The maximum absolute atomic E-state index is 12.5. The molecule has 4 aromatic carbocycles. The molecule has 15 heterocycles. The molecule has 39 heteroatoms. The first-order chi connectivity index (χ1) is 60.5. The van der Waals surface area contributed by atoms with Gasteiger partial charge >= 0.3 is 0 Å². The SMILES string of the molecule is CCCNC(=O)c1ccc2c(Cl)c(-c3nn(C(C)(C)C)c4ncnc(N)c34)[nH]c2c1.CCCNC(=O)c1ccc2c(Cl)c(-c3nn(C4CCOC4)c4ncnc(N)c34)[nH]c2c1.CCCNC(=O)c1ccc2c(Cl)c(-c3nn(C4CCOCC4)c4ncnc(N)c34)[nH]c2c1.Nc1ncnc2c1c(-c1[nH]c3cc(C(=O)NC4CC4)ccc3c1Cl)nn2C1CCNCC1. The number of ether oxygens (including phenoxy) is 2. The zero-order chi connectivity index (χ0) is 87.2. The monoisotopic (exact) mass is 1770 g/mol. The highest BCUT2D eigenvalue weighted by Crippen LogP contribution is 2.46. The average Bonchev–Trinajstić information content (AvgIpc) is 1.61. The van der Waals surface area contributed by atoms with E-state index in [-0.39, 0.29) is 47.3 Å². The lowest BCUT2D eigenvalue weighted by molar-refractivity contribution is 0.0673. The summed E-state index contributed by atoms with van der Waals surface area (Å²) in [5.41, 5.74) is 37.5. The number of hydrogen-bond donors (Lipinski definition) is 13. The minimum absolute atomic E-state index is 0.0695. The van der Waals surface area contributed by atoms with Crippen molar-refractivity contribution < 1.29 is 28.7 Å². The van der Waals surface area contributed by atoms with Crippen molar-refractivity contribution in [1.29, 1.82) is 0 Å². The summed E-state index contributed by atoms with van der Waals surface area (Å²) in [6.07, 6.45) is 14.9. The van der Waals surface area contributed by atoms with Crippen molar-refractivity contribution in [3.63, 3.8) is 0 Å². The van der Waals surface area contributed by atoms with Crippen LogP contribution in [0, 0.1) is 0 Å². The lowest BCUT2D eigenvalue weighted by Gasteiger charge is -2.23. The molecule has 16 aromatic rings.